The highest BCUT2D eigenvalue weighted by atomic mass is 35.5. The summed E-state index contributed by atoms with van der Waals surface area (Å²) in [5.41, 5.74) is 7.28. The molecular formula is C15H25ClN2. The number of hydrogen-bond acceptors (Lipinski definition) is 2. The first-order valence-corrected chi connectivity index (χ1v) is 6.89. The molecule has 0 bridgehead atoms. The van der Waals surface area contributed by atoms with E-state index in [-0.39, 0.29) is 5.41 Å². The van der Waals surface area contributed by atoms with Crippen LogP contribution < -0.4 is 5.73 Å². The van der Waals surface area contributed by atoms with Gasteiger partial charge in [0, 0.05) is 11.1 Å². The van der Waals surface area contributed by atoms with E-state index >= 15 is 0 Å². The van der Waals surface area contributed by atoms with Crippen LogP contribution in [0.3, 0.4) is 0 Å². The molecule has 0 spiro atoms. The summed E-state index contributed by atoms with van der Waals surface area (Å²) in [6, 6.07) is 8.49. The summed E-state index contributed by atoms with van der Waals surface area (Å²) < 4.78 is 0. The van der Waals surface area contributed by atoms with Crippen molar-refractivity contribution < 1.29 is 0 Å². The fourth-order valence-corrected chi connectivity index (χ4v) is 1.90. The van der Waals surface area contributed by atoms with Gasteiger partial charge in [-0.3, -0.25) is 4.90 Å². The van der Waals surface area contributed by atoms with Crippen molar-refractivity contribution in [1.82, 2.24) is 4.90 Å². The van der Waals surface area contributed by atoms with Crippen LogP contribution in [-0.4, -0.2) is 25.0 Å². The second kappa shape index (κ2) is 6.55. The van der Waals surface area contributed by atoms with Crippen molar-refractivity contribution in [3.8, 4) is 0 Å². The Bertz CT molecular complexity index is 359. The molecule has 2 nitrogen and oxygen atoms in total. The van der Waals surface area contributed by atoms with E-state index in [2.05, 4.69) is 44.9 Å². The molecule has 0 aliphatic carbocycles. The van der Waals surface area contributed by atoms with Gasteiger partial charge in [0.15, 0.2) is 0 Å². The molecular weight excluding hydrogens is 244 g/mol. The van der Waals surface area contributed by atoms with Gasteiger partial charge in [0.2, 0.25) is 0 Å². The van der Waals surface area contributed by atoms with Gasteiger partial charge < -0.3 is 5.73 Å². The van der Waals surface area contributed by atoms with Gasteiger partial charge in [0.1, 0.15) is 0 Å². The average molecular weight is 269 g/mol. The zero-order valence-corrected chi connectivity index (χ0v) is 12.7. The number of halogens is 1. The lowest BCUT2D eigenvalue weighted by Gasteiger charge is -2.30. The standard InChI is InChI=1S/C15H25ClN2/c1-12(13-5-7-14(16)8-6-13)18(4)10-9-15(2,3)11-17/h5-8,12H,9-11,17H2,1-4H3. The molecule has 0 amide bonds. The summed E-state index contributed by atoms with van der Waals surface area (Å²) in [6.07, 6.45) is 1.11. The summed E-state index contributed by atoms with van der Waals surface area (Å²) in [6.45, 7) is 8.43. The van der Waals surface area contributed by atoms with Crippen molar-refractivity contribution in [2.24, 2.45) is 11.1 Å². The lowest BCUT2D eigenvalue weighted by Crippen LogP contribution is -2.31. The molecule has 1 atom stereocenters. The number of rotatable bonds is 6. The quantitative estimate of drug-likeness (QED) is 0.852. The second-order valence-corrected chi connectivity index (χ2v) is 6.26. The molecule has 0 saturated heterocycles. The van der Waals surface area contributed by atoms with Crippen LogP contribution in [0.4, 0.5) is 0 Å². The summed E-state index contributed by atoms with van der Waals surface area (Å²) >= 11 is 5.91. The average Bonchev–Trinajstić information content (AvgIpc) is 2.36. The van der Waals surface area contributed by atoms with Crippen molar-refractivity contribution in [1.29, 1.82) is 0 Å². The molecule has 1 rings (SSSR count). The molecule has 0 aliphatic rings. The molecule has 3 heteroatoms. The van der Waals surface area contributed by atoms with Gasteiger partial charge in [-0.15, -0.1) is 0 Å². The van der Waals surface area contributed by atoms with E-state index in [4.69, 9.17) is 17.3 Å². The largest absolute Gasteiger partial charge is 0.330 e. The first-order valence-electron chi connectivity index (χ1n) is 6.51. The Balaban J connectivity index is 2.56. The van der Waals surface area contributed by atoms with E-state index in [0.717, 1.165) is 24.5 Å². The van der Waals surface area contributed by atoms with Crippen LogP contribution in [0.25, 0.3) is 0 Å². The van der Waals surface area contributed by atoms with E-state index in [1.165, 1.54) is 5.56 Å². The minimum atomic E-state index is 0.216. The Labute approximate surface area is 116 Å². The third-order valence-corrected chi connectivity index (χ3v) is 3.96. The highest BCUT2D eigenvalue weighted by Crippen LogP contribution is 2.24. The highest BCUT2D eigenvalue weighted by Gasteiger charge is 2.18. The number of nitrogens with two attached hydrogens (primary N) is 1. The van der Waals surface area contributed by atoms with Gasteiger partial charge in [-0.2, -0.15) is 0 Å². The van der Waals surface area contributed by atoms with Crippen molar-refractivity contribution >= 4 is 11.6 Å². The molecule has 1 aromatic rings. The zero-order chi connectivity index (χ0) is 13.8. The van der Waals surface area contributed by atoms with E-state index in [0.29, 0.717) is 6.04 Å². The number of nitrogens with zero attached hydrogens (tertiary/aromatic N) is 1. The predicted octanol–water partition coefficient (Wildman–Crippen LogP) is 3.71. The summed E-state index contributed by atoms with van der Waals surface area (Å²) in [5.74, 6) is 0. The van der Waals surface area contributed by atoms with Crippen LogP contribution in [0.15, 0.2) is 24.3 Å². The van der Waals surface area contributed by atoms with Crippen LogP contribution in [0, 0.1) is 5.41 Å². The van der Waals surface area contributed by atoms with Gasteiger partial charge in [0.25, 0.3) is 0 Å². The molecule has 0 aromatic heterocycles. The fraction of sp³-hybridized carbons (Fsp3) is 0.600. The molecule has 0 saturated carbocycles. The van der Waals surface area contributed by atoms with E-state index in [9.17, 15) is 0 Å². The third-order valence-electron chi connectivity index (χ3n) is 3.71. The van der Waals surface area contributed by atoms with Crippen LogP contribution in [0.5, 0.6) is 0 Å². The maximum Gasteiger partial charge on any atom is 0.0406 e. The SMILES string of the molecule is CC(c1ccc(Cl)cc1)N(C)CCC(C)(C)CN. The fourth-order valence-electron chi connectivity index (χ4n) is 1.77. The van der Waals surface area contributed by atoms with Gasteiger partial charge in [-0.25, -0.2) is 0 Å². The minimum absolute atomic E-state index is 0.216. The Kier molecular flexibility index (Phi) is 5.64. The molecule has 0 aliphatic heterocycles. The molecule has 2 N–H and O–H groups in total. The van der Waals surface area contributed by atoms with Crippen LogP contribution in [0.2, 0.25) is 5.02 Å². The first-order chi connectivity index (χ1) is 8.35. The second-order valence-electron chi connectivity index (χ2n) is 5.83. The minimum Gasteiger partial charge on any atom is -0.330 e. The van der Waals surface area contributed by atoms with Gasteiger partial charge in [0.05, 0.1) is 0 Å². The predicted molar refractivity (Wildman–Crippen MR) is 79.9 cm³/mol. The highest BCUT2D eigenvalue weighted by molar-refractivity contribution is 6.30. The molecule has 1 unspecified atom stereocenters. The van der Waals surface area contributed by atoms with Crippen molar-refractivity contribution in [2.75, 3.05) is 20.1 Å². The monoisotopic (exact) mass is 268 g/mol. The van der Waals surface area contributed by atoms with E-state index in [1.807, 2.05) is 12.1 Å². The van der Waals surface area contributed by atoms with Gasteiger partial charge in [-0.1, -0.05) is 37.6 Å². The molecule has 18 heavy (non-hydrogen) atoms. The van der Waals surface area contributed by atoms with Crippen LogP contribution in [0.1, 0.15) is 38.8 Å². The zero-order valence-electron chi connectivity index (χ0n) is 11.9. The Morgan fingerprint density at radius 3 is 2.33 bits per heavy atom. The molecule has 0 fully saturated rings. The van der Waals surface area contributed by atoms with Crippen molar-refractivity contribution in [3.63, 3.8) is 0 Å². The van der Waals surface area contributed by atoms with Gasteiger partial charge >= 0.3 is 0 Å². The number of hydrogen-bond donors (Lipinski definition) is 1. The van der Waals surface area contributed by atoms with Gasteiger partial charge in [-0.05, 0) is 56.6 Å². The molecule has 0 heterocycles. The summed E-state index contributed by atoms with van der Waals surface area (Å²) in [7, 11) is 2.16. The maximum atomic E-state index is 5.91. The first kappa shape index (κ1) is 15.5. The van der Waals surface area contributed by atoms with Crippen molar-refractivity contribution in [2.45, 2.75) is 33.2 Å². The lowest BCUT2D eigenvalue weighted by atomic mass is 9.89. The van der Waals surface area contributed by atoms with Crippen molar-refractivity contribution in [3.05, 3.63) is 34.9 Å². The summed E-state index contributed by atoms with van der Waals surface area (Å²) in [5, 5.41) is 0.790. The molecule has 102 valence electrons. The topological polar surface area (TPSA) is 29.3 Å². The Morgan fingerprint density at radius 1 is 1.28 bits per heavy atom. The smallest absolute Gasteiger partial charge is 0.0406 e. The Morgan fingerprint density at radius 2 is 1.83 bits per heavy atom. The van der Waals surface area contributed by atoms with Crippen LogP contribution >= 0.6 is 11.6 Å². The normalized spacial score (nSPS) is 13.9. The maximum absolute atomic E-state index is 5.91. The molecule has 1 aromatic carbocycles. The van der Waals surface area contributed by atoms with Crippen LogP contribution in [-0.2, 0) is 0 Å². The number of benzene rings is 1. The van der Waals surface area contributed by atoms with E-state index in [1.54, 1.807) is 0 Å². The summed E-state index contributed by atoms with van der Waals surface area (Å²) in [4.78, 5) is 2.36. The Hall–Kier alpha value is -0.570. The third kappa shape index (κ3) is 4.60. The lowest BCUT2D eigenvalue weighted by molar-refractivity contribution is 0.212. The molecule has 0 radical (unpaired) electrons. The van der Waals surface area contributed by atoms with E-state index < -0.39 is 0 Å².